The molecule has 1 aliphatic rings. The molecule has 0 aromatic heterocycles. The van der Waals surface area contributed by atoms with Crippen molar-refractivity contribution in [2.75, 3.05) is 6.54 Å². The SMILES string of the molecule is CCc1ccc(C)cc1C1CCN1. The van der Waals surface area contributed by atoms with Crippen molar-refractivity contribution in [3.05, 3.63) is 34.9 Å². The summed E-state index contributed by atoms with van der Waals surface area (Å²) >= 11 is 0. The minimum atomic E-state index is 0.634. The number of hydrogen-bond acceptors (Lipinski definition) is 1. The first-order valence-corrected chi connectivity index (χ1v) is 5.14. The molecule has 0 saturated carbocycles. The Morgan fingerprint density at radius 1 is 1.46 bits per heavy atom. The number of nitrogens with one attached hydrogen (secondary N) is 1. The van der Waals surface area contributed by atoms with Crippen molar-refractivity contribution in [2.24, 2.45) is 0 Å². The maximum atomic E-state index is 3.46. The van der Waals surface area contributed by atoms with E-state index in [9.17, 15) is 0 Å². The lowest BCUT2D eigenvalue weighted by Gasteiger charge is -2.30. The van der Waals surface area contributed by atoms with Crippen LogP contribution in [0.15, 0.2) is 18.2 Å². The summed E-state index contributed by atoms with van der Waals surface area (Å²) in [5.41, 5.74) is 4.40. The predicted octanol–water partition coefficient (Wildman–Crippen LogP) is 2.59. The molecule has 1 fully saturated rings. The molecular weight excluding hydrogens is 158 g/mol. The molecule has 2 rings (SSSR count). The van der Waals surface area contributed by atoms with Gasteiger partial charge in [0.2, 0.25) is 0 Å². The number of rotatable bonds is 2. The molecule has 1 aromatic carbocycles. The van der Waals surface area contributed by atoms with Crippen LogP contribution >= 0.6 is 0 Å². The van der Waals surface area contributed by atoms with E-state index in [2.05, 4.69) is 37.4 Å². The van der Waals surface area contributed by atoms with Crippen LogP contribution in [0.25, 0.3) is 0 Å². The van der Waals surface area contributed by atoms with Gasteiger partial charge in [-0.25, -0.2) is 0 Å². The van der Waals surface area contributed by atoms with Gasteiger partial charge in [0.25, 0.3) is 0 Å². The lowest BCUT2D eigenvalue weighted by Crippen LogP contribution is -2.35. The summed E-state index contributed by atoms with van der Waals surface area (Å²) in [7, 11) is 0. The Labute approximate surface area is 80.2 Å². The Balaban J connectivity index is 2.33. The monoisotopic (exact) mass is 175 g/mol. The zero-order valence-corrected chi connectivity index (χ0v) is 8.43. The molecule has 0 bridgehead atoms. The van der Waals surface area contributed by atoms with Crippen LogP contribution < -0.4 is 5.32 Å². The Bertz CT molecular complexity index is 300. The van der Waals surface area contributed by atoms with E-state index in [0.29, 0.717) is 6.04 Å². The molecule has 1 unspecified atom stereocenters. The Morgan fingerprint density at radius 3 is 2.77 bits per heavy atom. The van der Waals surface area contributed by atoms with Gasteiger partial charge in [0.15, 0.2) is 0 Å². The van der Waals surface area contributed by atoms with Crippen molar-refractivity contribution in [3.8, 4) is 0 Å². The molecule has 1 N–H and O–H groups in total. The first-order valence-electron chi connectivity index (χ1n) is 5.14. The summed E-state index contributed by atoms with van der Waals surface area (Å²) in [5.74, 6) is 0. The summed E-state index contributed by atoms with van der Waals surface area (Å²) in [6, 6.07) is 7.44. The van der Waals surface area contributed by atoms with Crippen molar-refractivity contribution >= 4 is 0 Å². The summed E-state index contributed by atoms with van der Waals surface area (Å²) in [6.45, 7) is 5.58. The van der Waals surface area contributed by atoms with Gasteiger partial charge >= 0.3 is 0 Å². The van der Waals surface area contributed by atoms with Crippen LogP contribution in [0.3, 0.4) is 0 Å². The maximum Gasteiger partial charge on any atom is 0.0335 e. The highest BCUT2D eigenvalue weighted by molar-refractivity contribution is 5.34. The lowest BCUT2D eigenvalue weighted by molar-refractivity contribution is 0.381. The Morgan fingerprint density at radius 2 is 2.23 bits per heavy atom. The molecule has 0 aliphatic carbocycles. The van der Waals surface area contributed by atoms with E-state index in [1.165, 1.54) is 29.7 Å². The van der Waals surface area contributed by atoms with E-state index >= 15 is 0 Å². The van der Waals surface area contributed by atoms with E-state index < -0.39 is 0 Å². The highest BCUT2D eigenvalue weighted by Gasteiger charge is 2.20. The second kappa shape index (κ2) is 3.51. The second-order valence-electron chi connectivity index (χ2n) is 3.85. The number of benzene rings is 1. The molecule has 1 heteroatoms. The van der Waals surface area contributed by atoms with Crippen LogP contribution in [-0.2, 0) is 6.42 Å². The average molecular weight is 175 g/mol. The van der Waals surface area contributed by atoms with Crippen LogP contribution in [0.4, 0.5) is 0 Å². The molecule has 0 radical (unpaired) electrons. The third-order valence-corrected chi connectivity index (χ3v) is 2.88. The van der Waals surface area contributed by atoms with E-state index in [4.69, 9.17) is 0 Å². The molecule has 1 atom stereocenters. The third-order valence-electron chi connectivity index (χ3n) is 2.88. The van der Waals surface area contributed by atoms with Crippen LogP contribution in [0.2, 0.25) is 0 Å². The molecule has 0 amide bonds. The minimum Gasteiger partial charge on any atom is -0.310 e. The van der Waals surface area contributed by atoms with Crippen molar-refractivity contribution in [1.82, 2.24) is 5.32 Å². The van der Waals surface area contributed by atoms with E-state index in [1.807, 2.05) is 0 Å². The molecule has 1 aliphatic heterocycles. The molecule has 1 aromatic rings. The molecule has 13 heavy (non-hydrogen) atoms. The molecule has 1 heterocycles. The van der Waals surface area contributed by atoms with Crippen molar-refractivity contribution in [3.63, 3.8) is 0 Å². The lowest BCUT2D eigenvalue weighted by atomic mass is 9.91. The summed E-state index contributed by atoms with van der Waals surface area (Å²) in [4.78, 5) is 0. The predicted molar refractivity (Wildman–Crippen MR) is 55.9 cm³/mol. The Kier molecular flexibility index (Phi) is 2.36. The van der Waals surface area contributed by atoms with E-state index in [0.717, 1.165) is 6.42 Å². The first kappa shape index (κ1) is 8.76. The van der Waals surface area contributed by atoms with Gasteiger partial charge in [-0.15, -0.1) is 0 Å². The fourth-order valence-corrected chi connectivity index (χ4v) is 1.91. The van der Waals surface area contributed by atoms with Gasteiger partial charge in [0, 0.05) is 6.04 Å². The smallest absolute Gasteiger partial charge is 0.0335 e. The summed E-state index contributed by atoms with van der Waals surface area (Å²) < 4.78 is 0. The topological polar surface area (TPSA) is 12.0 Å². The minimum absolute atomic E-state index is 0.634. The van der Waals surface area contributed by atoms with Gasteiger partial charge in [-0.1, -0.05) is 30.7 Å². The van der Waals surface area contributed by atoms with Crippen LogP contribution in [-0.4, -0.2) is 6.54 Å². The maximum absolute atomic E-state index is 3.46. The van der Waals surface area contributed by atoms with Crippen molar-refractivity contribution in [2.45, 2.75) is 32.7 Å². The third kappa shape index (κ3) is 1.61. The van der Waals surface area contributed by atoms with Gasteiger partial charge < -0.3 is 5.32 Å². The van der Waals surface area contributed by atoms with E-state index in [-0.39, 0.29) is 0 Å². The molecule has 1 nitrogen and oxygen atoms in total. The van der Waals surface area contributed by atoms with E-state index in [1.54, 1.807) is 0 Å². The van der Waals surface area contributed by atoms with Crippen molar-refractivity contribution in [1.29, 1.82) is 0 Å². The highest BCUT2D eigenvalue weighted by atomic mass is 15.0. The van der Waals surface area contributed by atoms with Crippen molar-refractivity contribution < 1.29 is 0 Å². The largest absolute Gasteiger partial charge is 0.310 e. The fraction of sp³-hybridized carbons (Fsp3) is 0.500. The fourth-order valence-electron chi connectivity index (χ4n) is 1.91. The van der Waals surface area contributed by atoms with Gasteiger partial charge in [0.05, 0.1) is 0 Å². The van der Waals surface area contributed by atoms with Gasteiger partial charge in [-0.2, -0.15) is 0 Å². The van der Waals surface area contributed by atoms with Crippen LogP contribution in [0.5, 0.6) is 0 Å². The number of aryl methyl sites for hydroxylation is 2. The number of hydrogen-bond donors (Lipinski definition) is 1. The normalized spacial score (nSPS) is 21.2. The second-order valence-corrected chi connectivity index (χ2v) is 3.85. The zero-order valence-electron chi connectivity index (χ0n) is 8.43. The summed E-state index contributed by atoms with van der Waals surface area (Å²) in [6.07, 6.45) is 2.45. The van der Waals surface area contributed by atoms with Gasteiger partial charge in [-0.3, -0.25) is 0 Å². The molecule has 1 saturated heterocycles. The summed E-state index contributed by atoms with van der Waals surface area (Å²) in [5, 5.41) is 3.46. The van der Waals surface area contributed by atoms with Crippen LogP contribution in [0.1, 0.15) is 36.1 Å². The quantitative estimate of drug-likeness (QED) is 0.728. The first-order chi connectivity index (χ1) is 6.31. The molecular formula is C12H17N. The van der Waals surface area contributed by atoms with Gasteiger partial charge in [0.1, 0.15) is 0 Å². The molecule has 70 valence electrons. The Hall–Kier alpha value is -0.820. The zero-order chi connectivity index (χ0) is 9.26. The highest BCUT2D eigenvalue weighted by Crippen LogP contribution is 2.27. The van der Waals surface area contributed by atoms with Gasteiger partial charge in [-0.05, 0) is 37.4 Å². The van der Waals surface area contributed by atoms with Crippen LogP contribution in [0, 0.1) is 6.92 Å². The molecule has 0 spiro atoms. The average Bonchev–Trinajstić information content (AvgIpc) is 2.02. The standard InChI is InChI=1S/C12H17N/c1-3-10-5-4-9(2)8-11(10)12-6-7-13-12/h4-5,8,12-13H,3,6-7H2,1-2H3.